The van der Waals surface area contributed by atoms with Gasteiger partial charge in [-0.1, -0.05) is 20.8 Å². The minimum absolute atomic E-state index is 0.0460. The fourth-order valence-corrected chi connectivity index (χ4v) is 2.58. The first kappa shape index (κ1) is 15.7. The molecule has 1 aromatic heterocycles. The quantitative estimate of drug-likeness (QED) is 0.576. The predicted octanol–water partition coefficient (Wildman–Crippen LogP) is 3.01. The summed E-state index contributed by atoms with van der Waals surface area (Å²) in [6.07, 6.45) is 1.04. The summed E-state index contributed by atoms with van der Waals surface area (Å²) in [7, 11) is 0. The van der Waals surface area contributed by atoms with Crippen LogP contribution in [0.2, 0.25) is 0 Å². The lowest BCUT2D eigenvalue weighted by Crippen LogP contribution is -2.36. The summed E-state index contributed by atoms with van der Waals surface area (Å²) in [6, 6.07) is 0. The van der Waals surface area contributed by atoms with Crippen LogP contribution in [0.3, 0.4) is 0 Å². The summed E-state index contributed by atoms with van der Waals surface area (Å²) >= 11 is 0. The van der Waals surface area contributed by atoms with Crippen molar-refractivity contribution in [2.24, 2.45) is 11.3 Å². The molecule has 0 saturated heterocycles. The molecule has 0 saturated carbocycles. The van der Waals surface area contributed by atoms with Crippen LogP contribution in [0.4, 0.5) is 11.6 Å². The number of anilines is 2. The van der Waals surface area contributed by atoms with E-state index in [-0.39, 0.29) is 11.0 Å². The zero-order valence-electron chi connectivity index (χ0n) is 13.2. The number of nitrogens with zero attached hydrogens (tertiary/aromatic N) is 2. The normalized spacial score (nSPS) is 12.4. The summed E-state index contributed by atoms with van der Waals surface area (Å²) in [5.41, 5.74) is 3.76. The molecular formula is C14H27N5. The first-order chi connectivity index (χ1) is 8.54. The van der Waals surface area contributed by atoms with Crippen LogP contribution in [0, 0.1) is 19.3 Å². The van der Waals surface area contributed by atoms with Crippen LogP contribution in [0.25, 0.3) is 0 Å². The van der Waals surface area contributed by atoms with Crippen LogP contribution < -0.4 is 16.6 Å². The SMILES string of the molecule is Cc1nc(NN)c(C)c(NC(C)(C)CC(C)(C)C)n1. The highest BCUT2D eigenvalue weighted by molar-refractivity contribution is 5.57. The molecule has 5 heteroatoms. The molecule has 0 radical (unpaired) electrons. The van der Waals surface area contributed by atoms with E-state index in [0.29, 0.717) is 11.6 Å². The molecule has 19 heavy (non-hydrogen) atoms. The number of nitrogens with one attached hydrogen (secondary N) is 2. The summed E-state index contributed by atoms with van der Waals surface area (Å²) in [6.45, 7) is 14.9. The summed E-state index contributed by atoms with van der Waals surface area (Å²) in [5.74, 6) is 7.70. The second-order valence-electron chi connectivity index (χ2n) is 6.98. The Kier molecular flexibility index (Phi) is 4.40. The topological polar surface area (TPSA) is 75.9 Å². The Hall–Kier alpha value is -1.36. The van der Waals surface area contributed by atoms with E-state index in [1.54, 1.807) is 0 Å². The molecule has 0 spiro atoms. The van der Waals surface area contributed by atoms with E-state index >= 15 is 0 Å². The summed E-state index contributed by atoms with van der Waals surface area (Å²) in [5, 5.41) is 3.51. The number of nitrogens with two attached hydrogens (primary N) is 1. The van der Waals surface area contributed by atoms with Crippen LogP contribution in [0.1, 0.15) is 52.4 Å². The van der Waals surface area contributed by atoms with Crippen LogP contribution in [-0.4, -0.2) is 15.5 Å². The fourth-order valence-electron chi connectivity index (χ4n) is 2.58. The van der Waals surface area contributed by atoms with Gasteiger partial charge >= 0.3 is 0 Å². The van der Waals surface area contributed by atoms with Gasteiger partial charge in [0.15, 0.2) is 0 Å². The van der Waals surface area contributed by atoms with Gasteiger partial charge in [0, 0.05) is 11.1 Å². The zero-order valence-corrected chi connectivity index (χ0v) is 13.2. The first-order valence-corrected chi connectivity index (χ1v) is 6.64. The molecule has 108 valence electrons. The minimum Gasteiger partial charge on any atom is -0.365 e. The van der Waals surface area contributed by atoms with Gasteiger partial charge in [-0.15, -0.1) is 0 Å². The molecule has 5 nitrogen and oxygen atoms in total. The van der Waals surface area contributed by atoms with Crippen LogP contribution in [0.5, 0.6) is 0 Å². The third-order valence-corrected chi connectivity index (χ3v) is 2.82. The van der Waals surface area contributed by atoms with Crippen LogP contribution >= 0.6 is 0 Å². The molecule has 0 aliphatic rings. The van der Waals surface area contributed by atoms with Crippen molar-refractivity contribution >= 4 is 11.6 Å². The summed E-state index contributed by atoms with van der Waals surface area (Å²) < 4.78 is 0. The Balaban J connectivity index is 3.02. The molecule has 0 aliphatic heterocycles. The molecule has 1 rings (SSSR count). The van der Waals surface area contributed by atoms with Crippen molar-refractivity contribution in [3.8, 4) is 0 Å². The molecular weight excluding hydrogens is 238 g/mol. The van der Waals surface area contributed by atoms with Gasteiger partial charge in [0.2, 0.25) is 0 Å². The molecule has 0 atom stereocenters. The Morgan fingerprint density at radius 3 is 2.00 bits per heavy atom. The van der Waals surface area contributed by atoms with E-state index in [2.05, 4.69) is 55.3 Å². The van der Waals surface area contributed by atoms with E-state index in [1.165, 1.54) is 0 Å². The fraction of sp³-hybridized carbons (Fsp3) is 0.714. The molecule has 1 heterocycles. The van der Waals surface area contributed by atoms with E-state index in [1.807, 2.05) is 13.8 Å². The minimum atomic E-state index is -0.0460. The van der Waals surface area contributed by atoms with E-state index in [0.717, 1.165) is 17.8 Å². The van der Waals surface area contributed by atoms with Crippen LogP contribution in [0.15, 0.2) is 0 Å². The summed E-state index contributed by atoms with van der Waals surface area (Å²) in [4.78, 5) is 8.75. The number of hydrogen-bond acceptors (Lipinski definition) is 5. The smallest absolute Gasteiger partial charge is 0.148 e. The third-order valence-electron chi connectivity index (χ3n) is 2.82. The third kappa shape index (κ3) is 4.67. The highest BCUT2D eigenvalue weighted by atomic mass is 15.3. The van der Waals surface area contributed by atoms with Crippen LogP contribution in [-0.2, 0) is 0 Å². The van der Waals surface area contributed by atoms with Gasteiger partial charge in [-0.25, -0.2) is 15.8 Å². The van der Waals surface area contributed by atoms with Crippen molar-refractivity contribution < 1.29 is 0 Å². The molecule has 0 unspecified atom stereocenters. The number of hydrogen-bond donors (Lipinski definition) is 3. The maximum absolute atomic E-state index is 5.49. The number of nitrogen functional groups attached to an aromatic ring is 1. The van der Waals surface area contributed by atoms with E-state index in [4.69, 9.17) is 5.84 Å². The zero-order chi connectivity index (χ0) is 14.8. The predicted molar refractivity (Wildman–Crippen MR) is 81.1 cm³/mol. The van der Waals surface area contributed by atoms with Crippen molar-refractivity contribution in [3.63, 3.8) is 0 Å². The molecule has 4 N–H and O–H groups in total. The average Bonchev–Trinajstić information content (AvgIpc) is 2.18. The Morgan fingerprint density at radius 1 is 1.00 bits per heavy atom. The first-order valence-electron chi connectivity index (χ1n) is 6.64. The lowest BCUT2D eigenvalue weighted by atomic mass is 9.82. The second-order valence-corrected chi connectivity index (χ2v) is 6.98. The van der Waals surface area contributed by atoms with Crippen molar-refractivity contribution in [1.29, 1.82) is 0 Å². The average molecular weight is 265 g/mol. The van der Waals surface area contributed by atoms with E-state index < -0.39 is 0 Å². The van der Waals surface area contributed by atoms with E-state index in [9.17, 15) is 0 Å². The molecule has 0 aliphatic carbocycles. The standard InChI is InChI=1S/C14H27N5/c1-9-11(16-10(2)17-12(9)19-15)18-14(6,7)8-13(3,4)5/h8,15H2,1-7H3,(H2,16,17,18,19). The molecule has 0 bridgehead atoms. The highest BCUT2D eigenvalue weighted by Gasteiger charge is 2.26. The van der Waals surface area contributed by atoms with Crippen molar-refractivity contribution in [1.82, 2.24) is 9.97 Å². The highest BCUT2D eigenvalue weighted by Crippen LogP contribution is 2.30. The van der Waals surface area contributed by atoms with Crippen molar-refractivity contribution in [2.75, 3.05) is 10.7 Å². The Morgan fingerprint density at radius 2 is 1.53 bits per heavy atom. The molecule has 0 aromatic carbocycles. The van der Waals surface area contributed by atoms with Gasteiger partial charge in [0.25, 0.3) is 0 Å². The maximum Gasteiger partial charge on any atom is 0.148 e. The lowest BCUT2D eigenvalue weighted by Gasteiger charge is -2.34. The molecule has 0 amide bonds. The number of hydrazine groups is 1. The van der Waals surface area contributed by atoms with Gasteiger partial charge in [0.1, 0.15) is 17.5 Å². The monoisotopic (exact) mass is 265 g/mol. The number of rotatable bonds is 4. The van der Waals surface area contributed by atoms with Gasteiger partial charge in [0.05, 0.1) is 0 Å². The lowest BCUT2D eigenvalue weighted by molar-refractivity contribution is 0.302. The van der Waals surface area contributed by atoms with Crippen molar-refractivity contribution in [3.05, 3.63) is 11.4 Å². The second kappa shape index (κ2) is 5.33. The van der Waals surface area contributed by atoms with Gasteiger partial charge in [-0.2, -0.15) is 0 Å². The Bertz CT molecular complexity index is 446. The maximum atomic E-state index is 5.49. The Labute approximate surface area is 116 Å². The van der Waals surface area contributed by atoms with Gasteiger partial charge in [-0.05, 0) is 39.5 Å². The number of aromatic nitrogens is 2. The number of aryl methyl sites for hydroxylation is 1. The molecule has 1 aromatic rings. The van der Waals surface area contributed by atoms with Crippen molar-refractivity contribution in [2.45, 2.75) is 60.4 Å². The molecule has 0 fully saturated rings. The largest absolute Gasteiger partial charge is 0.365 e. The van der Waals surface area contributed by atoms with Gasteiger partial charge in [-0.3, -0.25) is 0 Å². The van der Waals surface area contributed by atoms with Gasteiger partial charge < -0.3 is 10.7 Å².